The van der Waals surface area contributed by atoms with E-state index in [-0.39, 0.29) is 12.4 Å². The molecule has 1 aromatic rings. The summed E-state index contributed by atoms with van der Waals surface area (Å²) < 4.78 is 27.9. The van der Waals surface area contributed by atoms with Gasteiger partial charge in [0.2, 0.25) is 5.76 Å². The van der Waals surface area contributed by atoms with Crippen molar-refractivity contribution in [1.29, 1.82) is 0 Å². The normalized spacial score (nSPS) is 13.2. The lowest BCUT2D eigenvalue weighted by atomic mass is 10.2. The molecule has 0 saturated heterocycles. The first kappa shape index (κ1) is 16.2. The van der Waals surface area contributed by atoms with Crippen LogP contribution < -0.4 is 5.32 Å². The minimum atomic E-state index is -0.917. The van der Waals surface area contributed by atoms with E-state index in [1.807, 2.05) is 0 Å². The van der Waals surface area contributed by atoms with Crippen molar-refractivity contribution in [2.45, 2.75) is 0 Å². The monoisotopic (exact) mass is 326 g/mol. The van der Waals surface area contributed by atoms with Crippen molar-refractivity contribution in [1.82, 2.24) is 0 Å². The predicted octanol–water partition coefficient (Wildman–Crippen LogP) is 1.10. The SMILES string of the molecule is O=C(COC(=O)C1=COCCO1)Nc1cc([N+](=O)[O-])ccc1F. The molecule has 1 amide bonds. The molecule has 1 heterocycles. The van der Waals surface area contributed by atoms with Crippen molar-refractivity contribution in [3.63, 3.8) is 0 Å². The maximum absolute atomic E-state index is 13.5. The summed E-state index contributed by atoms with van der Waals surface area (Å²) in [6, 6.07) is 2.66. The number of amides is 1. The third kappa shape index (κ3) is 4.40. The molecule has 10 heteroatoms. The molecule has 23 heavy (non-hydrogen) atoms. The molecule has 1 aliphatic heterocycles. The van der Waals surface area contributed by atoms with Crippen molar-refractivity contribution in [2.75, 3.05) is 25.1 Å². The van der Waals surface area contributed by atoms with Crippen LogP contribution in [0.1, 0.15) is 0 Å². The number of rotatable bonds is 5. The number of ether oxygens (including phenoxy) is 3. The van der Waals surface area contributed by atoms with Gasteiger partial charge in [0.25, 0.3) is 11.6 Å². The zero-order valence-electron chi connectivity index (χ0n) is 11.6. The third-order valence-electron chi connectivity index (χ3n) is 2.62. The molecule has 0 saturated carbocycles. The molecule has 9 nitrogen and oxygen atoms in total. The van der Waals surface area contributed by atoms with Crippen LogP contribution in [0.2, 0.25) is 0 Å². The number of anilines is 1. The van der Waals surface area contributed by atoms with Crippen LogP contribution in [0.4, 0.5) is 15.8 Å². The summed E-state index contributed by atoms with van der Waals surface area (Å²) in [5, 5.41) is 12.7. The highest BCUT2D eigenvalue weighted by atomic mass is 19.1. The van der Waals surface area contributed by atoms with Crippen LogP contribution >= 0.6 is 0 Å². The number of hydrogen-bond donors (Lipinski definition) is 1. The fraction of sp³-hybridized carbons (Fsp3) is 0.231. The molecule has 0 aliphatic carbocycles. The number of benzene rings is 1. The van der Waals surface area contributed by atoms with Crippen molar-refractivity contribution in [3.05, 3.63) is 46.2 Å². The number of nitrogens with zero attached hydrogens (tertiary/aromatic N) is 1. The molecule has 0 aromatic heterocycles. The number of esters is 1. The van der Waals surface area contributed by atoms with E-state index in [0.29, 0.717) is 6.61 Å². The molecule has 1 aliphatic rings. The van der Waals surface area contributed by atoms with Crippen LogP contribution in [-0.2, 0) is 23.8 Å². The lowest BCUT2D eigenvalue weighted by Crippen LogP contribution is -2.24. The fourth-order valence-corrected chi connectivity index (χ4v) is 1.59. The number of nitrogens with one attached hydrogen (secondary N) is 1. The van der Waals surface area contributed by atoms with Gasteiger partial charge in [0.1, 0.15) is 25.3 Å². The molecule has 122 valence electrons. The van der Waals surface area contributed by atoms with Crippen molar-refractivity contribution >= 4 is 23.3 Å². The Balaban J connectivity index is 1.92. The van der Waals surface area contributed by atoms with E-state index >= 15 is 0 Å². The average molecular weight is 326 g/mol. The molecule has 1 aromatic carbocycles. The van der Waals surface area contributed by atoms with Gasteiger partial charge >= 0.3 is 5.97 Å². The van der Waals surface area contributed by atoms with Gasteiger partial charge in [-0.15, -0.1) is 0 Å². The number of halogens is 1. The summed E-state index contributed by atoms with van der Waals surface area (Å²) in [5.41, 5.74) is -0.784. The standard InChI is InChI=1S/C13H11FN2O7/c14-9-2-1-8(16(19)20)5-10(9)15-12(17)7-23-13(18)11-6-21-3-4-22-11/h1-2,5-6H,3-4,7H2,(H,15,17). The van der Waals surface area contributed by atoms with E-state index in [0.717, 1.165) is 24.5 Å². The van der Waals surface area contributed by atoms with Gasteiger partial charge in [-0.25, -0.2) is 9.18 Å². The van der Waals surface area contributed by atoms with Gasteiger partial charge in [0.15, 0.2) is 6.61 Å². The molecule has 0 fully saturated rings. The summed E-state index contributed by atoms with van der Waals surface area (Å²) in [7, 11) is 0. The highest BCUT2D eigenvalue weighted by molar-refractivity contribution is 5.94. The number of carbonyl (C=O) groups is 2. The van der Waals surface area contributed by atoms with Gasteiger partial charge in [-0.2, -0.15) is 0 Å². The summed E-state index contributed by atoms with van der Waals surface area (Å²) in [4.78, 5) is 33.0. The van der Waals surface area contributed by atoms with Crippen molar-refractivity contribution in [3.8, 4) is 0 Å². The molecule has 0 bridgehead atoms. The van der Waals surface area contributed by atoms with E-state index in [1.165, 1.54) is 0 Å². The van der Waals surface area contributed by atoms with Crippen LogP contribution in [0.3, 0.4) is 0 Å². The summed E-state index contributed by atoms with van der Waals surface area (Å²) in [5.74, 6) is -2.83. The summed E-state index contributed by atoms with van der Waals surface area (Å²) in [6.45, 7) is -0.253. The lowest BCUT2D eigenvalue weighted by molar-refractivity contribution is -0.384. The van der Waals surface area contributed by atoms with Crippen LogP contribution in [0, 0.1) is 15.9 Å². The van der Waals surface area contributed by atoms with Crippen molar-refractivity contribution < 1.29 is 33.1 Å². The molecular weight excluding hydrogens is 315 g/mol. The minimum Gasteiger partial charge on any atom is -0.493 e. The highest BCUT2D eigenvalue weighted by Gasteiger charge is 2.19. The quantitative estimate of drug-likeness (QED) is 0.489. The number of nitro groups is 1. The molecular formula is C13H11FN2O7. The van der Waals surface area contributed by atoms with E-state index in [4.69, 9.17) is 9.47 Å². The maximum Gasteiger partial charge on any atom is 0.377 e. The average Bonchev–Trinajstić information content (AvgIpc) is 2.55. The number of carbonyl (C=O) groups excluding carboxylic acids is 2. The number of hydrogen-bond acceptors (Lipinski definition) is 7. The minimum absolute atomic E-state index is 0.173. The zero-order valence-corrected chi connectivity index (χ0v) is 11.6. The first-order chi connectivity index (χ1) is 11.0. The molecule has 0 radical (unpaired) electrons. The second-order valence-electron chi connectivity index (χ2n) is 4.25. The Hall–Kier alpha value is -3.17. The Morgan fingerprint density at radius 1 is 1.39 bits per heavy atom. The first-order valence-corrected chi connectivity index (χ1v) is 6.33. The van der Waals surface area contributed by atoms with E-state index in [9.17, 15) is 24.1 Å². The summed E-state index contributed by atoms with van der Waals surface area (Å²) >= 11 is 0. The summed E-state index contributed by atoms with van der Waals surface area (Å²) in [6.07, 6.45) is 1.06. The maximum atomic E-state index is 13.5. The molecule has 2 rings (SSSR count). The van der Waals surface area contributed by atoms with Crippen LogP contribution in [0.15, 0.2) is 30.2 Å². The fourth-order valence-electron chi connectivity index (χ4n) is 1.59. The topological polar surface area (TPSA) is 117 Å². The zero-order chi connectivity index (χ0) is 16.8. The second kappa shape index (κ2) is 7.20. The molecule has 1 N–H and O–H groups in total. The Labute approximate surface area is 128 Å². The number of non-ortho nitro benzene ring substituents is 1. The first-order valence-electron chi connectivity index (χ1n) is 6.33. The van der Waals surface area contributed by atoms with Crippen LogP contribution in [-0.4, -0.2) is 36.6 Å². The molecule has 0 unspecified atom stereocenters. The van der Waals surface area contributed by atoms with Gasteiger partial charge in [-0.3, -0.25) is 14.9 Å². The molecule has 0 atom stereocenters. The van der Waals surface area contributed by atoms with E-state index < -0.39 is 40.6 Å². The van der Waals surface area contributed by atoms with E-state index in [2.05, 4.69) is 10.1 Å². The third-order valence-corrected chi connectivity index (χ3v) is 2.62. The Kier molecular flexibility index (Phi) is 5.07. The van der Waals surface area contributed by atoms with Crippen LogP contribution in [0.5, 0.6) is 0 Å². The van der Waals surface area contributed by atoms with Crippen LogP contribution in [0.25, 0.3) is 0 Å². The highest BCUT2D eigenvalue weighted by Crippen LogP contribution is 2.21. The Morgan fingerprint density at radius 3 is 2.83 bits per heavy atom. The van der Waals surface area contributed by atoms with Gasteiger partial charge in [0, 0.05) is 12.1 Å². The van der Waals surface area contributed by atoms with Gasteiger partial charge in [0.05, 0.1) is 10.6 Å². The Bertz CT molecular complexity index is 674. The number of nitro benzene ring substituents is 1. The lowest BCUT2D eigenvalue weighted by Gasteiger charge is -2.14. The van der Waals surface area contributed by atoms with Gasteiger partial charge in [-0.1, -0.05) is 0 Å². The van der Waals surface area contributed by atoms with Crippen molar-refractivity contribution in [2.24, 2.45) is 0 Å². The van der Waals surface area contributed by atoms with Gasteiger partial charge < -0.3 is 19.5 Å². The van der Waals surface area contributed by atoms with Gasteiger partial charge in [-0.05, 0) is 6.07 Å². The smallest absolute Gasteiger partial charge is 0.377 e. The largest absolute Gasteiger partial charge is 0.493 e. The predicted molar refractivity (Wildman–Crippen MR) is 72.6 cm³/mol. The van der Waals surface area contributed by atoms with E-state index in [1.54, 1.807) is 0 Å². The second-order valence-corrected chi connectivity index (χ2v) is 4.25. The molecule has 0 spiro atoms. The Morgan fingerprint density at radius 2 is 2.17 bits per heavy atom.